The van der Waals surface area contributed by atoms with Gasteiger partial charge in [-0.15, -0.1) is 11.3 Å². The van der Waals surface area contributed by atoms with Crippen LogP contribution in [-0.4, -0.2) is 16.3 Å². The highest BCUT2D eigenvalue weighted by Crippen LogP contribution is 2.46. The van der Waals surface area contributed by atoms with Crippen molar-refractivity contribution in [2.45, 2.75) is 31.3 Å². The zero-order chi connectivity index (χ0) is 13.9. The Kier molecular flexibility index (Phi) is 2.74. The predicted molar refractivity (Wildman–Crippen MR) is 79.9 cm³/mol. The van der Waals surface area contributed by atoms with Gasteiger partial charge in [0.05, 0.1) is 4.34 Å². The molecule has 5 heteroatoms. The molecule has 0 fully saturated rings. The second kappa shape index (κ2) is 4.38. The van der Waals surface area contributed by atoms with Gasteiger partial charge in [0.1, 0.15) is 0 Å². The number of rotatable bonds is 0. The first-order valence-electron chi connectivity index (χ1n) is 6.69. The van der Waals surface area contributed by atoms with Gasteiger partial charge in [-0.05, 0) is 47.7 Å². The third-order valence-electron chi connectivity index (χ3n) is 4.37. The minimum Gasteiger partial charge on any atom is -0.504 e. The second-order valence-electron chi connectivity index (χ2n) is 5.47. The van der Waals surface area contributed by atoms with Crippen LogP contribution < -0.4 is 5.32 Å². The second-order valence-corrected chi connectivity index (χ2v) is 7.24. The van der Waals surface area contributed by atoms with E-state index >= 15 is 0 Å². The van der Waals surface area contributed by atoms with Gasteiger partial charge in [0, 0.05) is 23.4 Å². The van der Waals surface area contributed by atoms with Crippen molar-refractivity contribution in [2.75, 3.05) is 0 Å². The SMILES string of the molecule is Oc1cc2c(cc1O)[C@@H]1c3cc(Cl)sc3CN[C@H]1CC2. The summed E-state index contributed by atoms with van der Waals surface area (Å²) in [6.07, 6.45) is 1.96. The Morgan fingerprint density at radius 1 is 1.15 bits per heavy atom. The zero-order valence-corrected chi connectivity index (χ0v) is 12.3. The quantitative estimate of drug-likeness (QED) is 0.654. The lowest BCUT2D eigenvalue weighted by Gasteiger charge is -2.38. The lowest BCUT2D eigenvalue weighted by molar-refractivity contribution is 0.382. The smallest absolute Gasteiger partial charge is 0.157 e. The van der Waals surface area contributed by atoms with Crippen LogP contribution in [0.5, 0.6) is 11.5 Å². The fourth-order valence-corrected chi connectivity index (χ4v) is 4.75. The number of nitrogens with one attached hydrogen (secondary N) is 1. The molecule has 3 N–H and O–H groups in total. The molecule has 4 rings (SSSR count). The van der Waals surface area contributed by atoms with Crippen LogP contribution in [0.25, 0.3) is 0 Å². The Morgan fingerprint density at radius 3 is 2.80 bits per heavy atom. The number of hydrogen-bond donors (Lipinski definition) is 3. The van der Waals surface area contributed by atoms with E-state index in [1.54, 1.807) is 23.5 Å². The fourth-order valence-electron chi connectivity index (χ4n) is 3.47. The van der Waals surface area contributed by atoms with Gasteiger partial charge in [0.15, 0.2) is 11.5 Å². The summed E-state index contributed by atoms with van der Waals surface area (Å²) in [7, 11) is 0. The number of fused-ring (bicyclic) bond motifs is 5. The van der Waals surface area contributed by atoms with E-state index in [4.69, 9.17) is 11.6 Å². The third-order valence-corrected chi connectivity index (χ3v) is 5.65. The summed E-state index contributed by atoms with van der Waals surface area (Å²) >= 11 is 7.79. The molecule has 0 bridgehead atoms. The van der Waals surface area contributed by atoms with Gasteiger partial charge < -0.3 is 15.5 Å². The first kappa shape index (κ1) is 12.5. The van der Waals surface area contributed by atoms with Gasteiger partial charge in [-0.3, -0.25) is 0 Å². The number of aryl methyl sites for hydroxylation is 1. The molecule has 0 radical (unpaired) electrons. The molecule has 2 aromatic rings. The normalized spacial score (nSPS) is 23.9. The van der Waals surface area contributed by atoms with Crippen LogP contribution in [0.4, 0.5) is 0 Å². The first-order chi connectivity index (χ1) is 9.63. The highest BCUT2D eigenvalue weighted by molar-refractivity contribution is 7.16. The van der Waals surface area contributed by atoms with Gasteiger partial charge >= 0.3 is 0 Å². The molecule has 0 amide bonds. The molecular weight excluding hydrogens is 294 g/mol. The molecule has 3 nitrogen and oxygen atoms in total. The maximum Gasteiger partial charge on any atom is 0.157 e. The van der Waals surface area contributed by atoms with Gasteiger partial charge in [-0.1, -0.05) is 11.6 Å². The molecule has 2 aliphatic rings. The zero-order valence-electron chi connectivity index (χ0n) is 10.7. The van der Waals surface area contributed by atoms with Crippen LogP contribution in [0.1, 0.15) is 33.9 Å². The fraction of sp³-hybridized carbons (Fsp3) is 0.333. The van der Waals surface area contributed by atoms with Crippen LogP contribution in [0.15, 0.2) is 18.2 Å². The summed E-state index contributed by atoms with van der Waals surface area (Å²) in [5, 5.41) is 23.1. The molecule has 0 unspecified atom stereocenters. The summed E-state index contributed by atoms with van der Waals surface area (Å²) in [5.74, 6) is 0.144. The van der Waals surface area contributed by atoms with E-state index in [0.29, 0.717) is 6.04 Å². The maximum atomic E-state index is 9.82. The molecule has 0 spiro atoms. The van der Waals surface area contributed by atoms with Crippen LogP contribution in [-0.2, 0) is 13.0 Å². The Hall–Kier alpha value is -1.23. The molecule has 1 aliphatic heterocycles. The molecular formula is C15H14ClNO2S. The number of halogens is 1. The van der Waals surface area contributed by atoms with Gasteiger partial charge in [0.2, 0.25) is 0 Å². The number of hydrogen-bond acceptors (Lipinski definition) is 4. The number of benzene rings is 1. The average Bonchev–Trinajstić information content (AvgIpc) is 2.80. The molecule has 1 aromatic heterocycles. The van der Waals surface area contributed by atoms with E-state index in [2.05, 4.69) is 11.4 Å². The number of phenolic OH excluding ortho intramolecular Hbond substituents is 2. The minimum absolute atomic E-state index is 0.0328. The van der Waals surface area contributed by atoms with Crippen molar-refractivity contribution >= 4 is 22.9 Å². The molecule has 2 atom stereocenters. The molecule has 0 saturated carbocycles. The Bertz CT molecular complexity index is 697. The standard InChI is InChI=1S/C15H14ClNO2S/c16-14-5-9-13(20-14)6-17-10-2-1-7-3-11(18)12(19)4-8(7)15(9)10/h3-5,10,15,17-19H,1-2,6H2/t10-,15+/m0/s1. The van der Waals surface area contributed by atoms with Crippen molar-refractivity contribution in [2.24, 2.45) is 0 Å². The summed E-state index contributed by atoms with van der Waals surface area (Å²) < 4.78 is 0.813. The van der Waals surface area contributed by atoms with Crippen molar-refractivity contribution in [1.82, 2.24) is 5.32 Å². The monoisotopic (exact) mass is 307 g/mol. The van der Waals surface area contributed by atoms with Crippen LogP contribution >= 0.6 is 22.9 Å². The lowest BCUT2D eigenvalue weighted by atomic mass is 9.74. The number of thiophene rings is 1. The van der Waals surface area contributed by atoms with E-state index in [1.807, 2.05) is 0 Å². The van der Waals surface area contributed by atoms with E-state index in [9.17, 15) is 10.2 Å². The van der Waals surface area contributed by atoms with Crippen LogP contribution in [0.2, 0.25) is 4.34 Å². The molecule has 20 heavy (non-hydrogen) atoms. The third kappa shape index (κ3) is 1.75. The predicted octanol–water partition coefficient (Wildman–Crippen LogP) is 3.36. The van der Waals surface area contributed by atoms with E-state index in [1.165, 1.54) is 10.4 Å². The highest BCUT2D eigenvalue weighted by atomic mass is 35.5. The highest BCUT2D eigenvalue weighted by Gasteiger charge is 2.36. The van der Waals surface area contributed by atoms with Crippen molar-refractivity contribution in [3.05, 3.63) is 44.1 Å². The number of phenols is 2. The Morgan fingerprint density at radius 2 is 1.95 bits per heavy atom. The molecule has 1 aliphatic carbocycles. The van der Waals surface area contributed by atoms with Crippen LogP contribution in [0, 0.1) is 0 Å². The van der Waals surface area contributed by atoms with Crippen molar-refractivity contribution in [3.63, 3.8) is 0 Å². The van der Waals surface area contributed by atoms with E-state index in [-0.39, 0.29) is 17.4 Å². The van der Waals surface area contributed by atoms with Crippen molar-refractivity contribution < 1.29 is 10.2 Å². The number of aromatic hydroxyl groups is 2. The average molecular weight is 308 g/mol. The molecule has 1 aromatic carbocycles. The largest absolute Gasteiger partial charge is 0.504 e. The van der Waals surface area contributed by atoms with E-state index < -0.39 is 0 Å². The van der Waals surface area contributed by atoms with Crippen LogP contribution in [0.3, 0.4) is 0 Å². The molecule has 104 valence electrons. The Balaban J connectivity index is 1.91. The van der Waals surface area contributed by atoms with Crippen molar-refractivity contribution in [1.29, 1.82) is 0 Å². The summed E-state index contributed by atoms with van der Waals surface area (Å²) in [4.78, 5) is 1.27. The summed E-state index contributed by atoms with van der Waals surface area (Å²) in [6.45, 7) is 0.868. The summed E-state index contributed by atoms with van der Waals surface area (Å²) in [5.41, 5.74) is 3.51. The van der Waals surface area contributed by atoms with Crippen molar-refractivity contribution in [3.8, 4) is 11.5 Å². The van der Waals surface area contributed by atoms with Gasteiger partial charge in [-0.2, -0.15) is 0 Å². The van der Waals surface area contributed by atoms with Gasteiger partial charge in [-0.25, -0.2) is 0 Å². The topological polar surface area (TPSA) is 52.5 Å². The Labute approximate surface area is 125 Å². The minimum atomic E-state index is -0.0437. The summed E-state index contributed by atoms with van der Waals surface area (Å²) in [6, 6.07) is 5.84. The molecule has 0 saturated heterocycles. The van der Waals surface area contributed by atoms with E-state index in [0.717, 1.165) is 34.8 Å². The van der Waals surface area contributed by atoms with Gasteiger partial charge in [0.25, 0.3) is 0 Å². The lowest BCUT2D eigenvalue weighted by Crippen LogP contribution is -2.41. The first-order valence-corrected chi connectivity index (χ1v) is 7.89. The molecule has 2 heterocycles. The maximum absolute atomic E-state index is 9.82.